The third kappa shape index (κ3) is 3.99. The minimum atomic E-state index is -0.881. The van der Waals surface area contributed by atoms with Gasteiger partial charge in [0.15, 0.2) is 0 Å². The average Bonchev–Trinajstić information content (AvgIpc) is 2.47. The van der Waals surface area contributed by atoms with E-state index in [1.54, 1.807) is 29.2 Å². The Labute approximate surface area is 124 Å². The zero-order valence-corrected chi connectivity index (χ0v) is 11.7. The molecule has 1 saturated heterocycles. The van der Waals surface area contributed by atoms with Crippen molar-refractivity contribution >= 4 is 17.7 Å². The number of hydrogen-bond donors (Lipinski definition) is 2. The Morgan fingerprint density at radius 1 is 1.43 bits per heavy atom. The van der Waals surface area contributed by atoms with Gasteiger partial charge in [0.05, 0.1) is 6.42 Å². The number of likely N-dealkylation sites (tertiary alicyclic amines) is 1. The first-order valence-corrected chi connectivity index (χ1v) is 6.96. The minimum Gasteiger partial charge on any atom is -0.481 e. The highest BCUT2D eigenvalue weighted by Gasteiger charge is 2.28. The van der Waals surface area contributed by atoms with Crippen molar-refractivity contribution in [2.75, 3.05) is 11.9 Å². The molecule has 1 fully saturated rings. The number of urea groups is 1. The third-order valence-corrected chi connectivity index (χ3v) is 3.58. The van der Waals surface area contributed by atoms with Crippen molar-refractivity contribution in [2.24, 2.45) is 0 Å². The second-order valence-corrected chi connectivity index (χ2v) is 5.10. The number of rotatable bonds is 3. The zero-order valence-electron chi connectivity index (χ0n) is 11.7. The Morgan fingerprint density at radius 2 is 2.24 bits per heavy atom. The molecule has 1 heterocycles. The summed E-state index contributed by atoms with van der Waals surface area (Å²) in [5.41, 5.74) is 1.31. The van der Waals surface area contributed by atoms with Gasteiger partial charge in [-0.1, -0.05) is 12.0 Å². The minimum absolute atomic E-state index is 0.0161. The first-order chi connectivity index (χ1) is 10.1. The monoisotopic (exact) mass is 286 g/mol. The number of aliphatic carboxylic acids is 1. The van der Waals surface area contributed by atoms with Crippen LogP contribution in [0.1, 0.15) is 31.2 Å². The highest BCUT2D eigenvalue weighted by atomic mass is 16.4. The molecule has 110 valence electrons. The van der Waals surface area contributed by atoms with Crippen molar-refractivity contribution in [1.29, 1.82) is 0 Å². The maximum atomic E-state index is 12.3. The van der Waals surface area contributed by atoms with E-state index in [0.717, 1.165) is 19.3 Å². The van der Waals surface area contributed by atoms with Crippen LogP contribution in [0.4, 0.5) is 10.5 Å². The van der Waals surface area contributed by atoms with Crippen LogP contribution in [0.25, 0.3) is 0 Å². The van der Waals surface area contributed by atoms with Crippen molar-refractivity contribution in [3.63, 3.8) is 0 Å². The number of benzene rings is 1. The molecule has 2 rings (SSSR count). The van der Waals surface area contributed by atoms with Gasteiger partial charge in [0.25, 0.3) is 0 Å². The van der Waals surface area contributed by atoms with Crippen LogP contribution >= 0.6 is 0 Å². The number of hydrogen-bond acceptors (Lipinski definition) is 2. The van der Waals surface area contributed by atoms with Crippen molar-refractivity contribution in [1.82, 2.24) is 4.90 Å². The quantitative estimate of drug-likeness (QED) is 0.839. The molecule has 2 amide bonds. The molecular formula is C16H18N2O3. The predicted molar refractivity (Wildman–Crippen MR) is 80.0 cm³/mol. The number of carboxylic acid groups (broad SMARTS) is 1. The number of piperidine rings is 1. The van der Waals surface area contributed by atoms with Gasteiger partial charge in [0.1, 0.15) is 0 Å². The Kier molecular flexibility index (Phi) is 4.83. The van der Waals surface area contributed by atoms with E-state index in [2.05, 4.69) is 11.2 Å². The van der Waals surface area contributed by atoms with E-state index in [4.69, 9.17) is 11.5 Å². The Morgan fingerprint density at radius 3 is 2.95 bits per heavy atom. The highest BCUT2D eigenvalue weighted by molar-refractivity contribution is 5.90. The van der Waals surface area contributed by atoms with Crippen LogP contribution < -0.4 is 5.32 Å². The van der Waals surface area contributed by atoms with Crippen LogP contribution in [-0.4, -0.2) is 34.6 Å². The summed E-state index contributed by atoms with van der Waals surface area (Å²) in [5.74, 6) is 1.63. The number of amides is 2. The van der Waals surface area contributed by atoms with E-state index >= 15 is 0 Å². The summed E-state index contributed by atoms with van der Waals surface area (Å²) in [6.07, 6.45) is 7.89. The van der Waals surface area contributed by atoms with E-state index in [0.29, 0.717) is 17.8 Å². The molecule has 2 N–H and O–H groups in total. The first-order valence-electron chi connectivity index (χ1n) is 6.96. The van der Waals surface area contributed by atoms with Gasteiger partial charge in [0.2, 0.25) is 0 Å². The number of nitrogens with one attached hydrogen (secondary N) is 1. The lowest BCUT2D eigenvalue weighted by molar-refractivity contribution is -0.138. The van der Waals surface area contributed by atoms with Crippen molar-refractivity contribution in [3.05, 3.63) is 29.8 Å². The largest absolute Gasteiger partial charge is 0.481 e. The maximum Gasteiger partial charge on any atom is 0.322 e. The van der Waals surface area contributed by atoms with Gasteiger partial charge < -0.3 is 15.3 Å². The van der Waals surface area contributed by atoms with Crippen LogP contribution in [0, 0.1) is 12.3 Å². The van der Waals surface area contributed by atoms with Crippen molar-refractivity contribution < 1.29 is 14.7 Å². The van der Waals surface area contributed by atoms with E-state index in [1.165, 1.54) is 0 Å². The normalized spacial score (nSPS) is 17.9. The standard InChI is InChI=1S/C16H18N2O3/c1-2-12-6-5-7-13(10-12)17-16(21)18-9-4-3-8-14(18)11-15(19)20/h1,5-7,10,14H,3-4,8-9,11H2,(H,17,21)(H,19,20). The number of carbonyl (C=O) groups excluding carboxylic acids is 1. The molecule has 5 nitrogen and oxygen atoms in total. The van der Waals surface area contributed by atoms with Gasteiger partial charge in [-0.2, -0.15) is 0 Å². The van der Waals surface area contributed by atoms with Crippen molar-refractivity contribution in [3.8, 4) is 12.3 Å². The molecule has 1 atom stereocenters. The van der Waals surface area contributed by atoms with E-state index < -0.39 is 5.97 Å². The summed E-state index contributed by atoms with van der Waals surface area (Å²) in [6.45, 7) is 0.582. The van der Waals surface area contributed by atoms with Gasteiger partial charge in [-0.3, -0.25) is 4.79 Å². The predicted octanol–water partition coefficient (Wildman–Crippen LogP) is 2.53. The molecule has 5 heteroatoms. The molecule has 1 aromatic carbocycles. The fourth-order valence-electron chi connectivity index (χ4n) is 2.56. The SMILES string of the molecule is C#Cc1cccc(NC(=O)N2CCCCC2CC(=O)O)c1. The molecule has 0 radical (unpaired) electrons. The summed E-state index contributed by atoms with van der Waals surface area (Å²) in [7, 11) is 0. The van der Waals surface area contributed by atoms with Gasteiger partial charge in [-0.05, 0) is 37.5 Å². The summed E-state index contributed by atoms with van der Waals surface area (Å²) >= 11 is 0. The molecule has 0 aliphatic carbocycles. The molecule has 0 aromatic heterocycles. The van der Waals surface area contributed by atoms with E-state index in [1.807, 2.05) is 0 Å². The summed E-state index contributed by atoms with van der Waals surface area (Å²) in [5, 5.41) is 11.7. The third-order valence-electron chi connectivity index (χ3n) is 3.58. The average molecular weight is 286 g/mol. The highest BCUT2D eigenvalue weighted by Crippen LogP contribution is 2.21. The summed E-state index contributed by atoms with van der Waals surface area (Å²) < 4.78 is 0. The zero-order chi connectivity index (χ0) is 15.2. The molecule has 0 saturated carbocycles. The van der Waals surface area contributed by atoms with E-state index in [-0.39, 0.29) is 18.5 Å². The lowest BCUT2D eigenvalue weighted by atomic mass is 10.00. The number of carboxylic acids is 1. The summed E-state index contributed by atoms with van der Waals surface area (Å²) in [4.78, 5) is 24.8. The molecular weight excluding hydrogens is 268 g/mol. The Bertz CT molecular complexity index is 577. The van der Waals surface area contributed by atoms with Gasteiger partial charge in [-0.15, -0.1) is 6.42 Å². The number of anilines is 1. The lowest BCUT2D eigenvalue weighted by Gasteiger charge is -2.34. The fraction of sp³-hybridized carbons (Fsp3) is 0.375. The van der Waals surface area contributed by atoms with Crippen LogP contribution in [0.3, 0.4) is 0 Å². The van der Waals surface area contributed by atoms with Gasteiger partial charge in [-0.25, -0.2) is 4.79 Å². The number of nitrogens with zero attached hydrogens (tertiary/aromatic N) is 1. The molecule has 1 aliphatic heterocycles. The topological polar surface area (TPSA) is 69.6 Å². The lowest BCUT2D eigenvalue weighted by Crippen LogP contribution is -2.46. The second-order valence-electron chi connectivity index (χ2n) is 5.10. The van der Waals surface area contributed by atoms with Gasteiger partial charge in [0, 0.05) is 23.8 Å². The van der Waals surface area contributed by atoms with Crippen molar-refractivity contribution in [2.45, 2.75) is 31.7 Å². The number of carbonyl (C=O) groups is 2. The smallest absolute Gasteiger partial charge is 0.322 e. The molecule has 21 heavy (non-hydrogen) atoms. The molecule has 1 aliphatic rings. The number of terminal acetylenes is 1. The molecule has 1 aromatic rings. The van der Waals surface area contributed by atoms with Crippen LogP contribution in [-0.2, 0) is 4.79 Å². The Balaban J connectivity index is 2.06. The summed E-state index contributed by atoms with van der Waals surface area (Å²) in [6, 6.07) is 6.52. The molecule has 0 spiro atoms. The van der Waals surface area contributed by atoms with Crippen LogP contribution in [0.5, 0.6) is 0 Å². The fourth-order valence-corrected chi connectivity index (χ4v) is 2.56. The van der Waals surface area contributed by atoms with Crippen LogP contribution in [0.15, 0.2) is 24.3 Å². The Hall–Kier alpha value is -2.48. The first kappa shape index (κ1) is 14.9. The maximum absolute atomic E-state index is 12.3. The van der Waals surface area contributed by atoms with Gasteiger partial charge >= 0.3 is 12.0 Å². The second kappa shape index (κ2) is 6.80. The van der Waals surface area contributed by atoms with Crippen LogP contribution in [0.2, 0.25) is 0 Å². The van der Waals surface area contributed by atoms with E-state index in [9.17, 15) is 9.59 Å². The molecule has 1 unspecified atom stereocenters. The molecule has 0 bridgehead atoms.